The van der Waals surface area contributed by atoms with E-state index in [4.69, 9.17) is 9.47 Å². The first-order chi connectivity index (χ1) is 13.6. The highest BCUT2D eigenvalue weighted by Gasteiger charge is 2.21. The number of nitrogens with one attached hydrogen (secondary N) is 1. The van der Waals surface area contributed by atoms with Crippen molar-refractivity contribution in [2.75, 3.05) is 40.0 Å². The van der Waals surface area contributed by atoms with Crippen molar-refractivity contribution in [3.05, 3.63) is 29.8 Å². The summed E-state index contributed by atoms with van der Waals surface area (Å²) < 4.78 is 40.1. The molecule has 0 unspecified atom stereocenters. The second-order valence-electron chi connectivity index (χ2n) is 6.60. The molecule has 2 rings (SSSR count). The van der Waals surface area contributed by atoms with Crippen molar-refractivity contribution in [3.8, 4) is 5.75 Å². The van der Waals surface area contributed by atoms with Gasteiger partial charge in [-0.05, 0) is 43.9 Å². The summed E-state index contributed by atoms with van der Waals surface area (Å²) in [7, 11) is 1.70. The van der Waals surface area contributed by atoms with Crippen LogP contribution in [0.2, 0.25) is 0 Å². The SMILES string of the molecule is CCNC(=NCc1cccc(OC(F)F)c1)N1CCC(OCCCOC)CC1.I. The maximum atomic E-state index is 12.4. The number of alkyl halides is 2. The molecule has 1 aliphatic rings. The second kappa shape index (κ2) is 14.7. The zero-order chi connectivity index (χ0) is 20.2. The highest BCUT2D eigenvalue weighted by molar-refractivity contribution is 14.0. The Kier molecular flexibility index (Phi) is 13.1. The third-order valence-electron chi connectivity index (χ3n) is 4.46. The van der Waals surface area contributed by atoms with Crippen LogP contribution in [0.4, 0.5) is 8.78 Å². The van der Waals surface area contributed by atoms with E-state index >= 15 is 0 Å². The summed E-state index contributed by atoms with van der Waals surface area (Å²) in [5.74, 6) is 0.986. The zero-order valence-corrected chi connectivity index (χ0v) is 19.4. The van der Waals surface area contributed by atoms with Crippen LogP contribution in [0.25, 0.3) is 0 Å². The summed E-state index contributed by atoms with van der Waals surface area (Å²) in [6, 6.07) is 6.66. The van der Waals surface area contributed by atoms with E-state index in [1.54, 1.807) is 19.2 Å². The van der Waals surface area contributed by atoms with Gasteiger partial charge in [0.15, 0.2) is 5.96 Å². The van der Waals surface area contributed by atoms with E-state index in [1.165, 1.54) is 6.07 Å². The molecule has 0 radical (unpaired) electrons. The number of methoxy groups -OCH3 is 1. The van der Waals surface area contributed by atoms with Crippen LogP contribution in [-0.2, 0) is 16.0 Å². The fourth-order valence-corrected chi connectivity index (χ4v) is 3.10. The largest absolute Gasteiger partial charge is 0.435 e. The quantitative estimate of drug-likeness (QED) is 0.217. The lowest BCUT2D eigenvalue weighted by molar-refractivity contribution is -0.0498. The Balaban J connectivity index is 0.00000420. The molecule has 0 amide bonds. The summed E-state index contributed by atoms with van der Waals surface area (Å²) in [6.07, 6.45) is 3.10. The number of likely N-dealkylation sites (tertiary alicyclic amines) is 1. The van der Waals surface area contributed by atoms with Gasteiger partial charge >= 0.3 is 6.61 Å². The summed E-state index contributed by atoms with van der Waals surface area (Å²) in [4.78, 5) is 6.89. The Hall–Kier alpha value is -1.20. The average Bonchev–Trinajstić information content (AvgIpc) is 2.69. The number of guanidine groups is 1. The van der Waals surface area contributed by atoms with Crippen LogP contribution in [0.5, 0.6) is 5.75 Å². The van der Waals surface area contributed by atoms with Gasteiger partial charge in [0.2, 0.25) is 0 Å². The van der Waals surface area contributed by atoms with Gasteiger partial charge in [0.05, 0.1) is 12.6 Å². The average molecular weight is 527 g/mol. The third-order valence-corrected chi connectivity index (χ3v) is 4.46. The second-order valence-corrected chi connectivity index (χ2v) is 6.60. The molecule has 6 nitrogen and oxygen atoms in total. The maximum Gasteiger partial charge on any atom is 0.387 e. The van der Waals surface area contributed by atoms with E-state index in [2.05, 4.69) is 19.9 Å². The lowest BCUT2D eigenvalue weighted by Gasteiger charge is -2.34. The number of rotatable bonds is 10. The predicted molar refractivity (Wildman–Crippen MR) is 120 cm³/mol. The monoisotopic (exact) mass is 527 g/mol. The minimum absolute atomic E-state index is 0. The molecule has 0 saturated carbocycles. The van der Waals surface area contributed by atoms with Gasteiger partial charge in [-0.15, -0.1) is 24.0 Å². The molecule has 1 saturated heterocycles. The third kappa shape index (κ3) is 9.90. The van der Waals surface area contributed by atoms with E-state index in [-0.39, 0.29) is 35.8 Å². The number of piperidine rings is 1. The Morgan fingerprint density at radius 3 is 2.69 bits per heavy atom. The molecular weight excluding hydrogens is 495 g/mol. The first-order valence-electron chi connectivity index (χ1n) is 9.80. The fourth-order valence-electron chi connectivity index (χ4n) is 3.10. The van der Waals surface area contributed by atoms with E-state index in [1.807, 2.05) is 13.0 Å². The zero-order valence-electron chi connectivity index (χ0n) is 17.1. The molecule has 1 fully saturated rings. The van der Waals surface area contributed by atoms with E-state index in [0.29, 0.717) is 6.54 Å². The van der Waals surface area contributed by atoms with Crippen molar-refractivity contribution in [2.45, 2.75) is 45.4 Å². The van der Waals surface area contributed by atoms with E-state index in [0.717, 1.165) is 63.6 Å². The standard InChI is InChI=1S/C20H31F2N3O3.HI/c1-3-23-20(24-15-16-6-4-7-18(14-16)28-19(21)22)25-10-8-17(9-11-25)27-13-5-12-26-2;/h4,6-7,14,17,19H,3,5,8-13,15H2,1-2H3,(H,23,24);1H. The maximum absolute atomic E-state index is 12.4. The van der Waals surface area contributed by atoms with Gasteiger partial charge < -0.3 is 24.4 Å². The topological polar surface area (TPSA) is 55.3 Å². The van der Waals surface area contributed by atoms with Gasteiger partial charge in [-0.2, -0.15) is 8.78 Å². The van der Waals surface area contributed by atoms with Gasteiger partial charge in [0, 0.05) is 40.0 Å². The molecule has 1 N–H and O–H groups in total. The molecular formula is C20H32F2IN3O3. The molecule has 1 aromatic carbocycles. The predicted octanol–water partition coefficient (Wildman–Crippen LogP) is 3.89. The van der Waals surface area contributed by atoms with Gasteiger partial charge in [0.25, 0.3) is 0 Å². The van der Waals surface area contributed by atoms with Gasteiger partial charge in [-0.1, -0.05) is 12.1 Å². The Morgan fingerprint density at radius 2 is 2.03 bits per heavy atom. The number of aliphatic imine (C=N–C) groups is 1. The summed E-state index contributed by atoms with van der Waals surface area (Å²) in [5.41, 5.74) is 0.824. The first kappa shape index (κ1) is 25.8. The van der Waals surface area contributed by atoms with Crippen molar-refractivity contribution >= 4 is 29.9 Å². The molecule has 9 heteroatoms. The molecule has 166 valence electrons. The first-order valence-corrected chi connectivity index (χ1v) is 9.80. The Labute approximate surface area is 189 Å². The molecule has 0 atom stereocenters. The summed E-state index contributed by atoms with van der Waals surface area (Å²) >= 11 is 0. The van der Waals surface area contributed by atoms with Crippen molar-refractivity contribution in [2.24, 2.45) is 4.99 Å². The van der Waals surface area contributed by atoms with Crippen molar-refractivity contribution < 1.29 is 23.0 Å². The van der Waals surface area contributed by atoms with E-state index in [9.17, 15) is 8.78 Å². The lowest BCUT2D eigenvalue weighted by atomic mass is 10.1. The smallest absolute Gasteiger partial charge is 0.387 e. The molecule has 1 aromatic rings. The molecule has 0 aliphatic carbocycles. The minimum atomic E-state index is -2.82. The molecule has 1 heterocycles. The number of halogens is 3. The van der Waals surface area contributed by atoms with Crippen LogP contribution >= 0.6 is 24.0 Å². The number of nitrogens with zero attached hydrogens (tertiary/aromatic N) is 2. The van der Waals surface area contributed by atoms with Gasteiger partial charge in [-0.25, -0.2) is 4.99 Å². The van der Waals surface area contributed by atoms with Crippen molar-refractivity contribution in [1.29, 1.82) is 0 Å². The molecule has 29 heavy (non-hydrogen) atoms. The summed E-state index contributed by atoms with van der Waals surface area (Å²) in [5, 5.41) is 3.31. The van der Waals surface area contributed by atoms with Crippen LogP contribution in [0, 0.1) is 0 Å². The van der Waals surface area contributed by atoms with Crippen molar-refractivity contribution in [3.63, 3.8) is 0 Å². The van der Waals surface area contributed by atoms with Crippen LogP contribution in [0.3, 0.4) is 0 Å². The number of benzene rings is 1. The van der Waals surface area contributed by atoms with Gasteiger partial charge in [-0.3, -0.25) is 0 Å². The van der Waals surface area contributed by atoms with Crippen LogP contribution < -0.4 is 10.1 Å². The normalized spacial score (nSPS) is 15.3. The highest BCUT2D eigenvalue weighted by atomic mass is 127. The number of hydrogen-bond acceptors (Lipinski definition) is 4. The van der Waals surface area contributed by atoms with Crippen LogP contribution in [-0.4, -0.2) is 63.5 Å². The number of hydrogen-bond donors (Lipinski definition) is 1. The molecule has 0 spiro atoms. The Morgan fingerprint density at radius 1 is 1.28 bits per heavy atom. The van der Waals surface area contributed by atoms with Crippen LogP contribution in [0.1, 0.15) is 31.7 Å². The highest BCUT2D eigenvalue weighted by Crippen LogP contribution is 2.18. The Bertz CT molecular complexity index is 600. The molecule has 0 bridgehead atoms. The van der Waals surface area contributed by atoms with Crippen molar-refractivity contribution in [1.82, 2.24) is 10.2 Å². The lowest BCUT2D eigenvalue weighted by Crippen LogP contribution is -2.47. The fraction of sp³-hybridized carbons (Fsp3) is 0.650. The minimum Gasteiger partial charge on any atom is -0.435 e. The van der Waals surface area contributed by atoms with Gasteiger partial charge in [0.1, 0.15) is 5.75 Å². The van der Waals surface area contributed by atoms with Crippen LogP contribution in [0.15, 0.2) is 29.3 Å². The molecule has 0 aromatic heterocycles. The number of ether oxygens (including phenoxy) is 3. The summed E-state index contributed by atoms with van der Waals surface area (Å²) in [6.45, 7) is 3.55. The molecule has 1 aliphatic heterocycles. The van der Waals surface area contributed by atoms with E-state index < -0.39 is 6.61 Å².